The number of amides is 1. The molecule has 94 valence electrons. The standard InChI is InChI=1S/C12H17FN2O2/c1-8-6-9(14)7-10(11(8)13)12(17)15(2)4-3-5-16/h6-7,16H,3-5,14H2,1-2H3. The second-order valence-corrected chi connectivity index (χ2v) is 4.00. The van der Waals surface area contributed by atoms with Crippen LogP contribution in [0, 0.1) is 12.7 Å². The number of nitrogens with two attached hydrogens (primary N) is 1. The van der Waals surface area contributed by atoms with E-state index in [2.05, 4.69) is 0 Å². The molecule has 3 N–H and O–H groups in total. The lowest BCUT2D eigenvalue weighted by Gasteiger charge is -2.17. The van der Waals surface area contributed by atoms with Crippen molar-refractivity contribution in [3.63, 3.8) is 0 Å². The van der Waals surface area contributed by atoms with Gasteiger partial charge in [0.15, 0.2) is 0 Å². The van der Waals surface area contributed by atoms with E-state index in [-0.39, 0.29) is 12.2 Å². The summed E-state index contributed by atoms with van der Waals surface area (Å²) in [5.74, 6) is -0.966. The molecule has 4 nitrogen and oxygen atoms in total. The molecule has 0 unspecified atom stereocenters. The van der Waals surface area contributed by atoms with Crippen LogP contribution in [0.15, 0.2) is 12.1 Å². The summed E-state index contributed by atoms with van der Waals surface area (Å²) in [6.45, 7) is 1.94. The van der Waals surface area contributed by atoms with Crippen molar-refractivity contribution in [3.05, 3.63) is 29.1 Å². The van der Waals surface area contributed by atoms with Crippen molar-refractivity contribution in [3.8, 4) is 0 Å². The Bertz CT molecular complexity index is 421. The summed E-state index contributed by atoms with van der Waals surface area (Å²) in [5, 5.41) is 8.68. The van der Waals surface area contributed by atoms with E-state index in [1.807, 2.05) is 0 Å². The van der Waals surface area contributed by atoms with Gasteiger partial charge in [-0.1, -0.05) is 0 Å². The maximum absolute atomic E-state index is 13.8. The first-order valence-corrected chi connectivity index (χ1v) is 5.39. The van der Waals surface area contributed by atoms with Gasteiger partial charge in [0.1, 0.15) is 5.82 Å². The first-order chi connectivity index (χ1) is 7.97. The van der Waals surface area contributed by atoms with Crippen LogP contribution in [-0.4, -0.2) is 36.1 Å². The van der Waals surface area contributed by atoms with E-state index < -0.39 is 11.7 Å². The van der Waals surface area contributed by atoms with E-state index in [4.69, 9.17) is 10.8 Å². The fourth-order valence-corrected chi connectivity index (χ4v) is 1.57. The summed E-state index contributed by atoms with van der Waals surface area (Å²) >= 11 is 0. The van der Waals surface area contributed by atoms with Gasteiger partial charge in [0.2, 0.25) is 0 Å². The van der Waals surface area contributed by atoms with Gasteiger partial charge in [-0.15, -0.1) is 0 Å². The van der Waals surface area contributed by atoms with Crippen LogP contribution in [0.25, 0.3) is 0 Å². The van der Waals surface area contributed by atoms with Crippen molar-refractivity contribution in [1.82, 2.24) is 4.90 Å². The van der Waals surface area contributed by atoms with Crippen LogP contribution in [0.3, 0.4) is 0 Å². The molecule has 1 rings (SSSR count). The van der Waals surface area contributed by atoms with Crippen molar-refractivity contribution >= 4 is 11.6 Å². The summed E-state index contributed by atoms with van der Waals surface area (Å²) in [6, 6.07) is 2.82. The maximum atomic E-state index is 13.8. The molecule has 0 aliphatic rings. The van der Waals surface area contributed by atoms with Gasteiger partial charge in [0, 0.05) is 25.9 Å². The normalized spacial score (nSPS) is 10.4. The van der Waals surface area contributed by atoms with E-state index in [9.17, 15) is 9.18 Å². The monoisotopic (exact) mass is 240 g/mol. The zero-order chi connectivity index (χ0) is 13.0. The third-order valence-corrected chi connectivity index (χ3v) is 2.51. The Labute approximate surface area is 99.8 Å². The molecule has 1 aromatic rings. The number of halogens is 1. The largest absolute Gasteiger partial charge is 0.399 e. The van der Waals surface area contributed by atoms with E-state index in [1.54, 1.807) is 14.0 Å². The highest BCUT2D eigenvalue weighted by Gasteiger charge is 2.17. The van der Waals surface area contributed by atoms with Crippen LogP contribution >= 0.6 is 0 Å². The third kappa shape index (κ3) is 3.17. The molecule has 0 spiro atoms. The van der Waals surface area contributed by atoms with Crippen molar-refractivity contribution in [2.75, 3.05) is 25.9 Å². The van der Waals surface area contributed by atoms with Crippen LogP contribution in [0.1, 0.15) is 22.3 Å². The number of benzene rings is 1. The fourth-order valence-electron chi connectivity index (χ4n) is 1.57. The summed E-state index contributed by atoms with van der Waals surface area (Å²) in [7, 11) is 1.57. The molecule has 0 saturated heterocycles. The van der Waals surface area contributed by atoms with Crippen LogP contribution in [-0.2, 0) is 0 Å². The van der Waals surface area contributed by atoms with Gasteiger partial charge in [0.25, 0.3) is 5.91 Å². The highest BCUT2D eigenvalue weighted by atomic mass is 19.1. The molecule has 0 aromatic heterocycles. The molecule has 5 heteroatoms. The number of rotatable bonds is 4. The second-order valence-electron chi connectivity index (χ2n) is 4.00. The topological polar surface area (TPSA) is 66.6 Å². The molecular weight excluding hydrogens is 223 g/mol. The van der Waals surface area contributed by atoms with Crippen molar-refractivity contribution in [2.24, 2.45) is 0 Å². The SMILES string of the molecule is Cc1cc(N)cc(C(=O)N(C)CCCO)c1F. The predicted molar refractivity (Wildman–Crippen MR) is 64.2 cm³/mol. The number of nitrogens with zero attached hydrogens (tertiary/aromatic N) is 1. The Morgan fingerprint density at radius 3 is 2.76 bits per heavy atom. The van der Waals surface area contributed by atoms with Crippen LogP contribution in [0.4, 0.5) is 10.1 Å². The second kappa shape index (κ2) is 5.63. The zero-order valence-corrected chi connectivity index (χ0v) is 10.0. The Morgan fingerprint density at radius 2 is 2.18 bits per heavy atom. The first kappa shape index (κ1) is 13.4. The van der Waals surface area contributed by atoms with Crippen molar-refractivity contribution in [2.45, 2.75) is 13.3 Å². The van der Waals surface area contributed by atoms with E-state index in [1.165, 1.54) is 17.0 Å². The number of aliphatic hydroxyl groups excluding tert-OH is 1. The van der Waals surface area contributed by atoms with Gasteiger partial charge < -0.3 is 15.7 Å². The fraction of sp³-hybridized carbons (Fsp3) is 0.417. The molecule has 0 radical (unpaired) electrons. The van der Waals surface area contributed by atoms with E-state index in [0.29, 0.717) is 24.2 Å². The number of aryl methyl sites for hydroxylation is 1. The minimum Gasteiger partial charge on any atom is -0.399 e. The lowest BCUT2D eigenvalue weighted by atomic mass is 10.1. The molecule has 0 saturated carbocycles. The molecule has 0 bridgehead atoms. The van der Waals surface area contributed by atoms with Gasteiger partial charge in [0.05, 0.1) is 5.56 Å². The number of carbonyl (C=O) groups excluding carboxylic acids is 1. The molecule has 17 heavy (non-hydrogen) atoms. The molecular formula is C12H17FN2O2. The van der Waals surface area contributed by atoms with E-state index in [0.717, 1.165) is 0 Å². The van der Waals surface area contributed by atoms with Gasteiger partial charge >= 0.3 is 0 Å². The van der Waals surface area contributed by atoms with E-state index >= 15 is 0 Å². The highest BCUT2D eigenvalue weighted by Crippen LogP contribution is 2.18. The minimum atomic E-state index is -0.542. The highest BCUT2D eigenvalue weighted by molar-refractivity contribution is 5.95. The van der Waals surface area contributed by atoms with Crippen molar-refractivity contribution < 1.29 is 14.3 Å². The molecule has 0 fully saturated rings. The van der Waals surface area contributed by atoms with Gasteiger partial charge in [-0.25, -0.2) is 4.39 Å². The Balaban J connectivity index is 2.96. The molecule has 0 aliphatic carbocycles. The number of hydrogen-bond acceptors (Lipinski definition) is 3. The zero-order valence-electron chi connectivity index (χ0n) is 10.0. The molecule has 0 aliphatic heterocycles. The molecule has 0 atom stereocenters. The Hall–Kier alpha value is -1.62. The number of nitrogen functional groups attached to an aromatic ring is 1. The van der Waals surface area contributed by atoms with Gasteiger partial charge in [-0.05, 0) is 31.0 Å². The summed E-state index contributed by atoms with van der Waals surface area (Å²) < 4.78 is 13.8. The average Bonchev–Trinajstić information content (AvgIpc) is 2.29. The first-order valence-electron chi connectivity index (χ1n) is 5.39. The lowest BCUT2D eigenvalue weighted by molar-refractivity contribution is 0.0781. The quantitative estimate of drug-likeness (QED) is 0.776. The summed E-state index contributed by atoms with van der Waals surface area (Å²) in [4.78, 5) is 13.3. The lowest BCUT2D eigenvalue weighted by Crippen LogP contribution is -2.29. The molecule has 1 amide bonds. The Morgan fingerprint density at radius 1 is 1.53 bits per heavy atom. The molecule has 0 heterocycles. The van der Waals surface area contributed by atoms with Crippen molar-refractivity contribution in [1.29, 1.82) is 0 Å². The van der Waals surface area contributed by atoms with Crippen LogP contribution in [0.2, 0.25) is 0 Å². The average molecular weight is 240 g/mol. The number of carbonyl (C=O) groups is 1. The minimum absolute atomic E-state index is 0.00391. The van der Waals surface area contributed by atoms with Crippen LogP contribution in [0.5, 0.6) is 0 Å². The maximum Gasteiger partial charge on any atom is 0.256 e. The smallest absolute Gasteiger partial charge is 0.256 e. The molecule has 1 aromatic carbocycles. The summed E-state index contributed by atoms with van der Waals surface area (Å²) in [6.07, 6.45) is 0.463. The predicted octanol–water partition coefficient (Wildman–Crippen LogP) is 1.17. The number of hydrogen-bond donors (Lipinski definition) is 2. The third-order valence-electron chi connectivity index (χ3n) is 2.51. The number of anilines is 1. The van der Waals surface area contributed by atoms with Crippen LogP contribution < -0.4 is 5.73 Å². The summed E-state index contributed by atoms with van der Waals surface area (Å²) in [5.41, 5.74) is 6.28. The van der Waals surface area contributed by atoms with Gasteiger partial charge in [-0.3, -0.25) is 4.79 Å². The Kier molecular flexibility index (Phi) is 4.45. The van der Waals surface area contributed by atoms with Gasteiger partial charge in [-0.2, -0.15) is 0 Å². The number of aliphatic hydroxyl groups is 1.